The van der Waals surface area contributed by atoms with Gasteiger partial charge in [0.1, 0.15) is 0 Å². The van der Waals surface area contributed by atoms with Crippen molar-refractivity contribution < 1.29 is 14.5 Å². The van der Waals surface area contributed by atoms with E-state index in [1.165, 1.54) is 12.3 Å². The normalized spacial score (nSPS) is 15.1. The number of nitro benzene ring substituents is 1. The maximum atomic E-state index is 12.9. The van der Waals surface area contributed by atoms with Crippen molar-refractivity contribution in [3.63, 3.8) is 0 Å². The monoisotopic (exact) mass is 465 g/mol. The fourth-order valence-electron chi connectivity index (χ4n) is 4.07. The van der Waals surface area contributed by atoms with Crippen LogP contribution in [0.3, 0.4) is 0 Å². The van der Waals surface area contributed by atoms with Crippen LogP contribution in [0, 0.1) is 10.1 Å². The lowest BCUT2D eigenvalue weighted by molar-refractivity contribution is -0.385. The molecule has 0 saturated carbocycles. The Morgan fingerprint density at radius 1 is 1.03 bits per heavy atom. The lowest BCUT2D eigenvalue weighted by Crippen LogP contribution is -2.47. The van der Waals surface area contributed by atoms with E-state index >= 15 is 0 Å². The zero-order chi connectivity index (χ0) is 24.2. The smallest absolute Gasteiger partial charge is 0.278 e. The number of likely N-dealkylation sites (tertiary alicyclic amines) is 1. The van der Waals surface area contributed by atoms with Gasteiger partial charge in [-0.05, 0) is 63.4 Å². The lowest BCUT2D eigenvalue weighted by atomic mass is 10.0. The van der Waals surface area contributed by atoms with E-state index in [9.17, 15) is 19.7 Å². The molecule has 1 fully saturated rings. The number of benzene rings is 2. The van der Waals surface area contributed by atoms with Crippen molar-refractivity contribution in [3.8, 4) is 0 Å². The summed E-state index contributed by atoms with van der Waals surface area (Å²) in [4.78, 5) is 38.0. The first-order valence-corrected chi connectivity index (χ1v) is 11.7. The quantitative estimate of drug-likeness (QED) is 0.228. The van der Waals surface area contributed by atoms with Crippen molar-refractivity contribution >= 4 is 23.7 Å². The Morgan fingerprint density at radius 2 is 1.74 bits per heavy atom. The third-order valence-corrected chi connectivity index (χ3v) is 5.87. The van der Waals surface area contributed by atoms with Crippen molar-refractivity contribution in [1.29, 1.82) is 0 Å². The molecule has 0 aliphatic carbocycles. The van der Waals surface area contributed by atoms with E-state index in [0.29, 0.717) is 24.1 Å². The standard InChI is InChI=1S/C25H31N5O4/c31-24(20-11-3-1-4-12-20)26-16-8-7-15-23(29-17-9-2-10-18-29)25(32)28-27-19-21-13-5-6-14-22(21)30(33)34/h1,3-6,11-14,19,23H,2,7-10,15-18H2,(H,26,31)(H,28,32)/b27-19+/t23-/m1/s1. The highest BCUT2D eigenvalue weighted by Gasteiger charge is 2.26. The number of nitrogens with one attached hydrogen (secondary N) is 2. The van der Waals surface area contributed by atoms with Crippen molar-refractivity contribution in [1.82, 2.24) is 15.6 Å². The van der Waals surface area contributed by atoms with Crippen LogP contribution in [-0.2, 0) is 4.79 Å². The molecule has 34 heavy (non-hydrogen) atoms. The van der Waals surface area contributed by atoms with Crippen LogP contribution < -0.4 is 10.7 Å². The molecule has 9 heteroatoms. The van der Waals surface area contributed by atoms with Crippen LogP contribution in [0.25, 0.3) is 0 Å². The van der Waals surface area contributed by atoms with Crippen LogP contribution >= 0.6 is 0 Å². The maximum Gasteiger partial charge on any atom is 0.278 e. The summed E-state index contributed by atoms with van der Waals surface area (Å²) in [6.45, 7) is 2.26. The van der Waals surface area contributed by atoms with E-state index in [1.54, 1.807) is 30.3 Å². The van der Waals surface area contributed by atoms with E-state index in [1.807, 2.05) is 18.2 Å². The Balaban J connectivity index is 1.52. The Kier molecular flexibility index (Phi) is 9.72. The summed E-state index contributed by atoms with van der Waals surface area (Å²) in [5.74, 6) is -0.319. The first-order chi connectivity index (χ1) is 16.6. The molecule has 2 N–H and O–H groups in total. The van der Waals surface area contributed by atoms with Gasteiger partial charge in [-0.15, -0.1) is 0 Å². The van der Waals surface area contributed by atoms with E-state index in [2.05, 4.69) is 20.7 Å². The number of para-hydroxylation sites is 1. The maximum absolute atomic E-state index is 12.9. The van der Waals surface area contributed by atoms with Gasteiger partial charge < -0.3 is 5.32 Å². The Labute approximate surface area is 199 Å². The minimum absolute atomic E-state index is 0.0642. The highest BCUT2D eigenvalue weighted by Crippen LogP contribution is 2.17. The number of carbonyl (C=O) groups excluding carboxylic acids is 2. The topological polar surface area (TPSA) is 117 Å². The van der Waals surface area contributed by atoms with Gasteiger partial charge in [-0.1, -0.05) is 36.8 Å². The third kappa shape index (κ3) is 7.48. The van der Waals surface area contributed by atoms with Crippen LogP contribution in [0.5, 0.6) is 0 Å². The Bertz CT molecular complexity index is 990. The number of rotatable bonds is 11. The van der Waals surface area contributed by atoms with Crippen LogP contribution in [0.4, 0.5) is 5.69 Å². The lowest BCUT2D eigenvalue weighted by Gasteiger charge is -2.33. The largest absolute Gasteiger partial charge is 0.352 e. The molecule has 0 unspecified atom stereocenters. The van der Waals surface area contributed by atoms with Gasteiger partial charge in [-0.2, -0.15) is 5.10 Å². The first kappa shape index (κ1) is 25.0. The van der Waals surface area contributed by atoms with Gasteiger partial charge in [0.15, 0.2) is 0 Å². The number of hydrazone groups is 1. The van der Waals surface area contributed by atoms with E-state index in [-0.39, 0.29) is 23.5 Å². The molecule has 9 nitrogen and oxygen atoms in total. The van der Waals surface area contributed by atoms with Gasteiger partial charge in [0.2, 0.25) is 0 Å². The molecular formula is C25H31N5O4. The predicted molar refractivity (Wildman–Crippen MR) is 131 cm³/mol. The third-order valence-electron chi connectivity index (χ3n) is 5.87. The zero-order valence-corrected chi connectivity index (χ0v) is 19.2. The molecule has 1 aliphatic heterocycles. The van der Waals surface area contributed by atoms with Gasteiger partial charge in [0, 0.05) is 18.2 Å². The number of unbranched alkanes of at least 4 members (excludes halogenated alkanes) is 1. The summed E-state index contributed by atoms with van der Waals surface area (Å²) in [5.41, 5.74) is 3.47. The number of amides is 2. The number of piperidine rings is 1. The fourth-order valence-corrected chi connectivity index (χ4v) is 4.07. The van der Waals surface area contributed by atoms with Crippen molar-refractivity contribution in [2.75, 3.05) is 19.6 Å². The first-order valence-electron chi connectivity index (χ1n) is 11.7. The molecule has 1 aliphatic rings. The molecule has 3 rings (SSSR count). The molecule has 2 aromatic rings. The zero-order valence-electron chi connectivity index (χ0n) is 19.2. The number of hydrogen-bond acceptors (Lipinski definition) is 6. The summed E-state index contributed by atoms with van der Waals surface area (Å²) in [6.07, 6.45) is 6.75. The Hall–Kier alpha value is -3.59. The van der Waals surface area contributed by atoms with Crippen molar-refractivity contribution in [3.05, 3.63) is 75.8 Å². The summed E-state index contributed by atoms with van der Waals surface area (Å²) < 4.78 is 0. The molecule has 2 amide bonds. The van der Waals surface area contributed by atoms with E-state index in [4.69, 9.17) is 0 Å². The van der Waals surface area contributed by atoms with Crippen LogP contribution in [0.15, 0.2) is 59.7 Å². The van der Waals surface area contributed by atoms with Gasteiger partial charge in [0.05, 0.1) is 22.7 Å². The van der Waals surface area contributed by atoms with Crippen molar-refractivity contribution in [2.24, 2.45) is 5.10 Å². The molecule has 0 radical (unpaired) electrons. The summed E-state index contributed by atoms with van der Waals surface area (Å²) in [5, 5.41) is 18.1. The molecule has 2 aromatic carbocycles. The number of nitro groups is 1. The van der Waals surface area contributed by atoms with Gasteiger partial charge >= 0.3 is 0 Å². The molecule has 1 atom stereocenters. The molecule has 1 saturated heterocycles. The predicted octanol–water partition coefficient (Wildman–Crippen LogP) is 3.50. The van der Waals surface area contributed by atoms with Crippen LogP contribution in [0.2, 0.25) is 0 Å². The van der Waals surface area contributed by atoms with E-state index < -0.39 is 4.92 Å². The molecular weight excluding hydrogens is 434 g/mol. The average molecular weight is 466 g/mol. The van der Waals surface area contributed by atoms with Crippen LogP contribution in [0.1, 0.15) is 54.4 Å². The SMILES string of the molecule is O=C(NCCCC[C@H](C(=O)N/N=C/c1ccccc1[N+](=O)[O-])N1CCCCC1)c1ccccc1. The second kappa shape index (κ2) is 13.2. The summed E-state index contributed by atoms with van der Waals surface area (Å²) in [6, 6.07) is 15.0. The summed E-state index contributed by atoms with van der Waals surface area (Å²) >= 11 is 0. The number of hydrogen-bond donors (Lipinski definition) is 2. The Morgan fingerprint density at radius 3 is 2.47 bits per heavy atom. The minimum atomic E-state index is -0.476. The van der Waals surface area contributed by atoms with Crippen LogP contribution in [-0.4, -0.2) is 53.5 Å². The average Bonchev–Trinajstić information content (AvgIpc) is 2.87. The molecule has 180 valence electrons. The van der Waals surface area contributed by atoms with Gasteiger partial charge in [0.25, 0.3) is 17.5 Å². The second-order valence-electron chi connectivity index (χ2n) is 8.28. The molecule has 0 bridgehead atoms. The van der Waals surface area contributed by atoms with Crippen molar-refractivity contribution in [2.45, 2.75) is 44.6 Å². The minimum Gasteiger partial charge on any atom is -0.352 e. The van der Waals surface area contributed by atoms with Gasteiger partial charge in [-0.25, -0.2) is 5.43 Å². The highest BCUT2D eigenvalue weighted by molar-refractivity contribution is 5.94. The fraction of sp³-hybridized carbons (Fsp3) is 0.400. The molecule has 0 spiro atoms. The number of carbonyl (C=O) groups is 2. The van der Waals surface area contributed by atoms with Gasteiger partial charge in [-0.3, -0.25) is 24.6 Å². The number of nitrogens with zero attached hydrogens (tertiary/aromatic N) is 3. The second-order valence-corrected chi connectivity index (χ2v) is 8.28. The molecule has 0 aromatic heterocycles. The highest BCUT2D eigenvalue weighted by atomic mass is 16.6. The van der Waals surface area contributed by atoms with E-state index in [0.717, 1.165) is 45.2 Å². The molecule has 1 heterocycles. The summed E-state index contributed by atoms with van der Waals surface area (Å²) in [7, 11) is 0.